The van der Waals surface area contributed by atoms with E-state index in [4.69, 9.17) is 0 Å². The Morgan fingerprint density at radius 3 is 3.08 bits per heavy atom. The number of hydrogen-bond donors (Lipinski definition) is 2. The van der Waals surface area contributed by atoms with Gasteiger partial charge in [0.05, 0.1) is 18.3 Å². The molecule has 2 aromatic heterocycles. The molecular weight excluding hydrogens is 332 g/mol. The minimum Gasteiger partial charge on any atom is -0.332 e. The Labute approximate surface area is 151 Å². The van der Waals surface area contributed by atoms with Gasteiger partial charge in [-0.1, -0.05) is 38.1 Å². The number of carbonyl (C=O) groups excluding carboxylic acids is 1. The van der Waals surface area contributed by atoms with E-state index >= 15 is 0 Å². The van der Waals surface area contributed by atoms with E-state index < -0.39 is 0 Å². The van der Waals surface area contributed by atoms with E-state index in [0.29, 0.717) is 6.54 Å². The summed E-state index contributed by atoms with van der Waals surface area (Å²) < 4.78 is 1.97. The molecule has 5 nitrogen and oxygen atoms in total. The van der Waals surface area contributed by atoms with Crippen LogP contribution in [-0.4, -0.2) is 15.4 Å². The van der Waals surface area contributed by atoms with Crippen molar-refractivity contribution < 1.29 is 4.79 Å². The van der Waals surface area contributed by atoms with Crippen molar-refractivity contribution >= 4 is 22.3 Å². The van der Waals surface area contributed by atoms with Gasteiger partial charge in [-0.05, 0) is 29.4 Å². The summed E-state index contributed by atoms with van der Waals surface area (Å²) in [6.07, 6.45) is 5.94. The normalized spacial score (nSPS) is 18.7. The van der Waals surface area contributed by atoms with Gasteiger partial charge in [0.15, 0.2) is 4.96 Å². The fourth-order valence-corrected chi connectivity index (χ4v) is 4.32. The first-order chi connectivity index (χ1) is 12.0. The van der Waals surface area contributed by atoms with Gasteiger partial charge in [-0.25, -0.2) is 9.78 Å². The lowest BCUT2D eigenvalue weighted by atomic mass is 9.71. The highest BCUT2D eigenvalue weighted by Gasteiger charge is 2.32. The fourth-order valence-electron chi connectivity index (χ4n) is 3.60. The van der Waals surface area contributed by atoms with E-state index in [-0.39, 0.29) is 17.5 Å². The van der Waals surface area contributed by atoms with Crippen molar-refractivity contribution in [1.29, 1.82) is 0 Å². The molecule has 0 aliphatic heterocycles. The summed E-state index contributed by atoms with van der Waals surface area (Å²) in [6.45, 7) is 4.97. The van der Waals surface area contributed by atoms with Gasteiger partial charge >= 0.3 is 6.03 Å². The molecule has 130 valence electrons. The Kier molecular flexibility index (Phi) is 4.00. The van der Waals surface area contributed by atoms with Gasteiger partial charge < -0.3 is 10.6 Å². The van der Waals surface area contributed by atoms with Crippen LogP contribution < -0.4 is 10.6 Å². The molecule has 1 aliphatic carbocycles. The third-order valence-electron chi connectivity index (χ3n) is 5.00. The second kappa shape index (κ2) is 6.19. The number of benzene rings is 1. The molecule has 4 rings (SSSR count). The SMILES string of the molecule is CC1(C)CC[C@H](NC(=O)NCc2cn3ccsc3n2)c2ccccc21. The van der Waals surface area contributed by atoms with E-state index in [9.17, 15) is 4.79 Å². The molecule has 0 unspecified atom stereocenters. The first kappa shape index (κ1) is 16.1. The van der Waals surface area contributed by atoms with Crippen LogP contribution in [0.4, 0.5) is 4.79 Å². The first-order valence-electron chi connectivity index (χ1n) is 8.58. The molecule has 0 radical (unpaired) electrons. The molecule has 1 atom stereocenters. The zero-order valence-electron chi connectivity index (χ0n) is 14.5. The summed E-state index contributed by atoms with van der Waals surface area (Å²) in [5.41, 5.74) is 3.59. The van der Waals surface area contributed by atoms with Gasteiger partial charge in [-0.3, -0.25) is 4.40 Å². The molecule has 2 N–H and O–H groups in total. The number of thiazole rings is 1. The molecule has 2 heterocycles. The van der Waals surface area contributed by atoms with Crippen molar-refractivity contribution in [3.8, 4) is 0 Å². The lowest BCUT2D eigenvalue weighted by Crippen LogP contribution is -2.40. The largest absolute Gasteiger partial charge is 0.332 e. The molecule has 1 aliphatic rings. The van der Waals surface area contributed by atoms with Crippen LogP contribution in [0.1, 0.15) is 49.6 Å². The maximum atomic E-state index is 12.4. The van der Waals surface area contributed by atoms with E-state index in [1.807, 2.05) is 28.2 Å². The third kappa shape index (κ3) is 3.14. The van der Waals surface area contributed by atoms with E-state index in [2.05, 4.69) is 47.7 Å². The highest BCUT2D eigenvalue weighted by Crippen LogP contribution is 2.41. The molecule has 2 amide bonds. The quantitative estimate of drug-likeness (QED) is 0.747. The Balaban J connectivity index is 1.41. The molecular formula is C19H22N4OS. The van der Waals surface area contributed by atoms with Crippen LogP contribution in [-0.2, 0) is 12.0 Å². The van der Waals surface area contributed by atoms with E-state index in [1.54, 1.807) is 11.3 Å². The van der Waals surface area contributed by atoms with E-state index in [1.165, 1.54) is 11.1 Å². The number of aromatic nitrogens is 2. The van der Waals surface area contributed by atoms with E-state index in [0.717, 1.165) is 23.5 Å². The molecule has 3 aromatic rings. The predicted octanol–water partition coefficient (Wildman–Crippen LogP) is 4.01. The smallest absolute Gasteiger partial charge is 0.315 e. The number of imidazole rings is 1. The zero-order valence-corrected chi connectivity index (χ0v) is 15.3. The van der Waals surface area contributed by atoms with Crippen molar-refractivity contribution in [3.05, 3.63) is 58.9 Å². The molecule has 25 heavy (non-hydrogen) atoms. The monoisotopic (exact) mass is 354 g/mol. The van der Waals surface area contributed by atoms with Crippen LogP contribution in [0.25, 0.3) is 4.96 Å². The highest BCUT2D eigenvalue weighted by atomic mass is 32.1. The van der Waals surface area contributed by atoms with Crippen LogP contribution in [0.5, 0.6) is 0 Å². The van der Waals surface area contributed by atoms with Crippen LogP contribution in [0.15, 0.2) is 42.0 Å². The van der Waals surface area contributed by atoms with Gasteiger partial charge in [0, 0.05) is 17.8 Å². The maximum absolute atomic E-state index is 12.4. The lowest BCUT2D eigenvalue weighted by molar-refractivity contribution is 0.233. The number of rotatable bonds is 3. The van der Waals surface area contributed by atoms with Gasteiger partial charge in [0.2, 0.25) is 0 Å². The van der Waals surface area contributed by atoms with Crippen molar-refractivity contribution in [1.82, 2.24) is 20.0 Å². The second-order valence-electron chi connectivity index (χ2n) is 7.21. The lowest BCUT2D eigenvalue weighted by Gasteiger charge is -2.37. The van der Waals surface area contributed by atoms with Crippen molar-refractivity contribution in [2.75, 3.05) is 0 Å². The van der Waals surface area contributed by atoms with Crippen LogP contribution in [0.2, 0.25) is 0 Å². The Morgan fingerprint density at radius 1 is 1.40 bits per heavy atom. The molecule has 6 heteroatoms. The molecule has 0 fully saturated rings. The van der Waals surface area contributed by atoms with Gasteiger partial charge in [-0.15, -0.1) is 11.3 Å². The Hall–Kier alpha value is -2.34. The van der Waals surface area contributed by atoms with Crippen LogP contribution >= 0.6 is 11.3 Å². The number of fused-ring (bicyclic) bond motifs is 2. The highest BCUT2D eigenvalue weighted by molar-refractivity contribution is 7.15. The first-order valence-corrected chi connectivity index (χ1v) is 9.46. The minimum atomic E-state index is -0.143. The summed E-state index contributed by atoms with van der Waals surface area (Å²) in [7, 11) is 0. The average Bonchev–Trinajstić information content (AvgIpc) is 3.17. The molecule has 1 aromatic carbocycles. The number of urea groups is 1. The second-order valence-corrected chi connectivity index (χ2v) is 8.09. The molecule has 0 bridgehead atoms. The van der Waals surface area contributed by atoms with Crippen molar-refractivity contribution in [3.63, 3.8) is 0 Å². The molecule has 0 saturated carbocycles. The van der Waals surface area contributed by atoms with Crippen molar-refractivity contribution in [2.45, 2.75) is 44.7 Å². The average molecular weight is 354 g/mol. The topological polar surface area (TPSA) is 58.4 Å². The molecule has 0 spiro atoms. The predicted molar refractivity (Wildman–Crippen MR) is 99.9 cm³/mol. The summed E-state index contributed by atoms with van der Waals surface area (Å²) in [4.78, 5) is 17.8. The van der Waals surface area contributed by atoms with Crippen LogP contribution in [0.3, 0.4) is 0 Å². The van der Waals surface area contributed by atoms with Crippen molar-refractivity contribution in [2.24, 2.45) is 0 Å². The standard InChI is InChI=1S/C19H22N4OS/c1-19(2)8-7-16(14-5-3-4-6-15(14)19)22-17(24)20-11-13-12-23-9-10-25-18(23)21-13/h3-6,9-10,12,16H,7-8,11H2,1-2H3,(H2,20,22,24)/t16-/m0/s1. The Morgan fingerprint density at radius 2 is 2.24 bits per heavy atom. The fraction of sp³-hybridized carbons (Fsp3) is 0.368. The maximum Gasteiger partial charge on any atom is 0.315 e. The van der Waals surface area contributed by atoms with Crippen LogP contribution in [0, 0.1) is 0 Å². The number of hydrogen-bond acceptors (Lipinski definition) is 3. The summed E-state index contributed by atoms with van der Waals surface area (Å²) >= 11 is 1.59. The third-order valence-corrected chi connectivity index (χ3v) is 5.77. The number of amides is 2. The number of nitrogens with one attached hydrogen (secondary N) is 2. The van der Waals surface area contributed by atoms with Gasteiger partial charge in [0.1, 0.15) is 0 Å². The number of carbonyl (C=O) groups is 1. The number of nitrogens with zero attached hydrogens (tertiary/aromatic N) is 2. The summed E-state index contributed by atoms with van der Waals surface area (Å²) in [5.74, 6) is 0. The minimum absolute atomic E-state index is 0.0646. The van der Waals surface area contributed by atoms with Gasteiger partial charge in [0.25, 0.3) is 0 Å². The molecule has 0 saturated heterocycles. The Bertz CT molecular complexity index is 882. The summed E-state index contributed by atoms with van der Waals surface area (Å²) in [5, 5.41) is 8.05. The van der Waals surface area contributed by atoms with Gasteiger partial charge in [-0.2, -0.15) is 0 Å². The zero-order chi connectivity index (χ0) is 17.4. The summed E-state index contributed by atoms with van der Waals surface area (Å²) in [6, 6.07) is 8.35.